The molecule has 4 nitrogen and oxygen atoms in total. The molecule has 0 saturated carbocycles. The Balaban J connectivity index is 2.25. The third kappa shape index (κ3) is 2.33. The van der Waals surface area contributed by atoms with Crippen LogP contribution in [0.25, 0.3) is 22.4 Å². The number of aromatic nitrogens is 2. The van der Waals surface area contributed by atoms with E-state index < -0.39 is 0 Å². The summed E-state index contributed by atoms with van der Waals surface area (Å²) in [5.41, 5.74) is 2.97. The van der Waals surface area contributed by atoms with Gasteiger partial charge in [-0.3, -0.25) is 0 Å². The van der Waals surface area contributed by atoms with Crippen LogP contribution in [0.15, 0.2) is 42.5 Å². The molecule has 1 heterocycles. The maximum absolute atomic E-state index is 9.45. The lowest BCUT2D eigenvalue weighted by Crippen LogP contribution is -2.02. The van der Waals surface area contributed by atoms with E-state index >= 15 is 0 Å². The van der Waals surface area contributed by atoms with Gasteiger partial charge in [0.05, 0.1) is 18.1 Å². The van der Waals surface area contributed by atoms with Gasteiger partial charge in [0.25, 0.3) is 0 Å². The number of hydrogen-bond acceptors (Lipinski definition) is 3. The average Bonchev–Trinajstić information content (AvgIpc) is 2.86. The number of ether oxygens (including phenoxy) is 1. The van der Waals surface area contributed by atoms with Gasteiger partial charge in [0.1, 0.15) is 17.3 Å². The van der Waals surface area contributed by atoms with Crippen LogP contribution in [-0.2, 0) is 0 Å². The second-order valence-corrected chi connectivity index (χ2v) is 5.30. The first kappa shape index (κ1) is 13.5. The van der Waals surface area contributed by atoms with Crippen LogP contribution in [0.5, 0.6) is 11.5 Å². The first-order valence-corrected chi connectivity index (χ1v) is 6.95. The monoisotopic (exact) mass is 282 g/mol. The quantitative estimate of drug-likeness (QED) is 0.790. The lowest BCUT2D eigenvalue weighted by molar-refractivity contribution is 0.415. The Morgan fingerprint density at radius 3 is 2.43 bits per heavy atom. The van der Waals surface area contributed by atoms with Crippen molar-refractivity contribution in [1.82, 2.24) is 9.55 Å². The highest BCUT2D eigenvalue weighted by Crippen LogP contribution is 2.30. The number of phenols is 1. The highest BCUT2D eigenvalue weighted by atomic mass is 16.5. The fourth-order valence-corrected chi connectivity index (χ4v) is 2.54. The van der Waals surface area contributed by atoms with Gasteiger partial charge in [-0.25, -0.2) is 4.98 Å². The summed E-state index contributed by atoms with van der Waals surface area (Å²) in [5.74, 6) is 1.95. The standard InChI is InChI=1S/C17H18N2O2/c1-11(2)19-16-9-8-14(21-3)10-15(16)18-17(19)12-4-6-13(20)7-5-12/h4-11,20H,1-3H3. The molecule has 0 spiro atoms. The molecule has 1 N–H and O–H groups in total. The molecule has 0 saturated heterocycles. The van der Waals surface area contributed by atoms with Gasteiger partial charge >= 0.3 is 0 Å². The zero-order valence-electron chi connectivity index (χ0n) is 12.4. The first-order valence-electron chi connectivity index (χ1n) is 6.95. The largest absolute Gasteiger partial charge is 0.508 e. The van der Waals surface area contributed by atoms with E-state index in [1.165, 1.54) is 0 Å². The van der Waals surface area contributed by atoms with Gasteiger partial charge in [0.2, 0.25) is 0 Å². The summed E-state index contributed by atoms with van der Waals surface area (Å²) in [7, 11) is 1.65. The van der Waals surface area contributed by atoms with E-state index in [9.17, 15) is 5.11 Å². The molecule has 0 amide bonds. The molecule has 1 aromatic heterocycles. The maximum Gasteiger partial charge on any atom is 0.141 e. The molecule has 0 aliphatic heterocycles. The molecule has 0 aliphatic carbocycles. The van der Waals surface area contributed by atoms with Crippen LogP contribution in [0, 0.1) is 0 Å². The van der Waals surface area contributed by atoms with Crippen molar-refractivity contribution in [2.45, 2.75) is 19.9 Å². The van der Waals surface area contributed by atoms with Crippen LogP contribution in [0.1, 0.15) is 19.9 Å². The van der Waals surface area contributed by atoms with Crippen LogP contribution < -0.4 is 4.74 Å². The number of aromatic hydroxyl groups is 1. The van der Waals surface area contributed by atoms with Crippen molar-refractivity contribution >= 4 is 11.0 Å². The lowest BCUT2D eigenvalue weighted by Gasteiger charge is -2.13. The molecule has 0 radical (unpaired) electrons. The van der Waals surface area contributed by atoms with E-state index in [2.05, 4.69) is 18.4 Å². The van der Waals surface area contributed by atoms with Gasteiger partial charge in [0, 0.05) is 17.7 Å². The molecule has 3 rings (SSSR count). The summed E-state index contributed by atoms with van der Waals surface area (Å²) in [4.78, 5) is 4.74. The molecule has 3 aromatic rings. The van der Waals surface area contributed by atoms with Crippen molar-refractivity contribution in [1.29, 1.82) is 0 Å². The zero-order valence-corrected chi connectivity index (χ0v) is 12.4. The number of methoxy groups -OCH3 is 1. The Morgan fingerprint density at radius 1 is 1.10 bits per heavy atom. The predicted octanol–water partition coefficient (Wildman–Crippen LogP) is 4.00. The lowest BCUT2D eigenvalue weighted by atomic mass is 10.2. The molecule has 0 atom stereocenters. The maximum atomic E-state index is 9.45. The third-order valence-corrected chi connectivity index (χ3v) is 3.54. The van der Waals surface area contributed by atoms with Gasteiger partial charge in [-0.2, -0.15) is 0 Å². The molecule has 108 valence electrons. The normalized spacial score (nSPS) is 11.2. The summed E-state index contributed by atoms with van der Waals surface area (Å²) in [6, 6.07) is 13.3. The van der Waals surface area contributed by atoms with Crippen LogP contribution >= 0.6 is 0 Å². The topological polar surface area (TPSA) is 47.3 Å². The molecule has 0 aliphatic rings. The Morgan fingerprint density at radius 2 is 1.81 bits per heavy atom. The highest BCUT2D eigenvalue weighted by molar-refractivity contribution is 5.82. The van der Waals surface area contributed by atoms with Gasteiger partial charge in [-0.15, -0.1) is 0 Å². The fourth-order valence-electron chi connectivity index (χ4n) is 2.54. The van der Waals surface area contributed by atoms with Crippen molar-refractivity contribution in [2.75, 3.05) is 7.11 Å². The Kier molecular flexibility index (Phi) is 3.29. The molecule has 0 unspecified atom stereocenters. The smallest absolute Gasteiger partial charge is 0.141 e. The predicted molar refractivity (Wildman–Crippen MR) is 83.8 cm³/mol. The van der Waals surface area contributed by atoms with Crippen molar-refractivity contribution in [3.05, 3.63) is 42.5 Å². The van der Waals surface area contributed by atoms with Crippen LogP contribution in [0.3, 0.4) is 0 Å². The SMILES string of the molecule is COc1ccc2c(c1)nc(-c1ccc(O)cc1)n2C(C)C. The molecule has 4 heteroatoms. The van der Waals surface area contributed by atoms with Crippen LogP contribution in [0.4, 0.5) is 0 Å². The van der Waals surface area contributed by atoms with Gasteiger partial charge in [-0.1, -0.05) is 0 Å². The minimum Gasteiger partial charge on any atom is -0.508 e. The number of hydrogen-bond donors (Lipinski definition) is 1. The molecule has 0 bridgehead atoms. The van der Waals surface area contributed by atoms with E-state index in [0.29, 0.717) is 0 Å². The van der Waals surface area contributed by atoms with Gasteiger partial charge in [-0.05, 0) is 50.2 Å². The summed E-state index contributed by atoms with van der Waals surface area (Å²) in [6.45, 7) is 4.27. The second kappa shape index (κ2) is 5.13. The molecular weight excluding hydrogens is 264 g/mol. The fraction of sp³-hybridized carbons (Fsp3) is 0.235. The average molecular weight is 282 g/mol. The van der Waals surface area contributed by atoms with Gasteiger partial charge < -0.3 is 14.4 Å². The number of benzene rings is 2. The highest BCUT2D eigenvalue weighted by Gasteiger charge is 2.15. The minimum absolute atomic E-state index is 0.257. The molecule has 2 aromatic carbocycles. The minimum atomic E-state index is 0.257. The summed E-state index contributed by atoms with van der Waals surface area (Å²) >= 11 is 0. The van der Waals surface area contributed by atoms with E-state index in [0.717, 1.165) is 28.2 Å². The molecule has 0 fully saturated rings. The Labute approximate surface area is 123 Å². The summed E-state index contributed by atoms with van der Waals surface area (Å²) in [6.07, 6.45) is 0. The van der Waals surface area contributed by atoms with Crippen molar-refractivity contribution in [2.24, 2.45) is 0 Å². The van der Waals surface area contributed by atoms with Crippen LogP contribution in [-0.4, -0.2) is 21.8 Å². The number of nitrogens with zero attached hydrogens (tertiary/aromatic N) is 2. The third-order valence-electron chi connectivity index (χ3n) is 3.54. The van der Waals surface area contributed by atoms with Crippen molar-refractivity contribution in [3.63, 3.8) is 0 Å². The van der Waals surface area contributed by atoms with Crippen molar-refractivity contribution < 1.29 is 9.84 Å². The van der Waals surface area contributed by atoms with E-state index in [4.69, 9.17) is 9.72 Å². The molecule has 21 heavy (non-hydrogen) atoms. The number of rotatable bonds is 3. The summed E-state index contributed by atoms with van der Waals surface area (Å²) < 4.78 is 7.47. The Bertz CT molecular complexity index is 773. The van der Waals surface area contributed by atoms with Crippen LogP contribution in [0.2, 0.25) is 0 Å². The Hall–Kier alpha value is -2.49. The van der Waals surface area contributed by atoms with E-state index in [1.807, 2.05) is 30.3 Å². The van der Waals surface area contributed by atoms with Gasteiger partial charge in [0.15, 0.2) is 0 Å². The second-order valence-electron chi connectivity index (χ2n) is 5.30. The van der Waals surface area contributed by atoms with Crippen molar-refractivity contribution in [3.8, 4) is 22.9 Å². The first-order chi connectivity index (χ1) is 10.1. The summed E-state index contributed by atoms with van der Waals surface area (Å²) in [5, 5.41) is 9.45. The number of imidazole rings is 1. The van der Waals surface area contributed by atoms with E-state index in [-0.39, 0.29) is 11.8 Å². The number of phenolic OH excluding ortho intramolecular Hbond substituents is 1. The number of fused-ring (bicyclic) bond motifs is 1. The molecular formula is C17H18N2O2. The van der Waals surface area contributed by atoms with E-state index in [1.54, 1.807) is 19.2 Å². The zero-order chi connectivity index (χ0) is 15.0.